The monoisotopic (exact) mass is 328 g/mol. The van der Waals surface area contributed by atoms with Crippen LogP contribution in [0.15, 0.2) is 54.7 Å². The molecule has 2 aromatic carbocycles. The van der Waals surface area contributed by atoms with E-state index in [1.54, 1.807) is 0 Å². The molecule has 120 valence electrons. The summed E-state index contributed by atoms with van der Waals surface area (Å²) in [6, 6.07) is 16.9. The van der Waals surface area contributed by atoms with Crippen LogP contribution < -0.4 is 5.32 Å². The van der Waals surface area contributed by atoms with Crippen LogP contribution in [0, 0.1) is 6.92 Å². The minimum absolute atomic E-state index is 0. The molecular weight excluding hydrogens is 308 g/mol. The third-order valence-electron chi connectivity index (χ3n) is 3.74. The molecule has 0 spiro atoms. The molecule has 0 aliphatic carbocycles. The van der Waals surface area contributed by atoms with Gasteiger partial charge in [0.1, 0.15) is 5.69 Å². The van der Waals surface area contributed by atoms with Crippen LogP contribution >= 0.6 is 12.4 Å². The van der Waals surface area contributed by atoms with Gasteiger partial charge in [0.05, 0.1) is 12.7 Å². The molecule has 1 heterocycles. The highest BCUT2D eigenvalue weighted by Crippen LogP contribution is 2.27. The molecule has 0 saturated carbocycles. The fourth-order valence-corrected chi connectivity index (χ4v) is 2.51. The van der Waals surface area contributed by atoms with E-state index in [1.807, 2.05) is 17.9 Å². The number of hydrogen-bond acceptors (Lipinski definition) is 3. The summed E-state index contributed by atoms with van der Waals surface area (Å²) >= 11 is 0. The van der Waals surface area contributed by atoms with Crippen molar-refractivity contribution in [3.63, 3.8) is 0 Å². The lowest BCUT2D eigenvalue weighted by Gasteiger charge is -2.07. The van der Waals surface area contributed by atoms with Gasteiger partial charge >= 0.3 is 0 Å². The topological polar surface area (TPSA) is 42.7 Å². The summed E-state index contributed by atoms with van der Waals surface area (Å²) in [7, 11) is 1.93. The van der Waals surface area contributed by atoms with Crippen molar-refractivity contribution in [3.05, 3.63) is 60.3 Å². The molecule has 0 aliphatic heterocycles. The molecule has 1 N–H and O–H groups in total. The van der Waals surface area contributed by atoms with Gasteiger partial charge in [0, 0.05) is 12.1 Å². The lowest BCUT2D eigenvalue weighted by Crippen LogP contribution is -2.15. The second-order valence-electron chi connectivity index (χ2n) is 5.37. The van der Waals surface area contributed by atoms with Gasteiger partial charge in [0.15, 0.2) is 0 Å². The Labute approximate surface area is 143 Å². The molecule has 4 nitrogen and oxygen atoms in total. The minimum Gasteiger partial charge on any atom is -0.318 e. The quantitative estimate of drug-likeness (QED) is 0.778. The molecule has 0 radical (unpaired) electrons. The molecule has 5 heteroatoms. The summed E-state index contributed by atoms with van der Waals surface area (Å²) in [6.07, 6.45) is 1.99. The first-order chi connectivity index (χ1) is 10.8. The minimum atomic E-state index is 0. The lowest BCUT2D eigenvalue weighted by atomic mass is 9.98. The van der Waals surface area contributed by atoms with E-state index in [0.717, 1.165) is 24.3 Å². The van der Waals surface area contributed by atoms with Gasteiger partial charge in [-0.25, -0.2) is 0 Å². The number of likely N-dealkylation sites (N-methyl/N-ethyl adjacent to an activating group) is 1. The van der Waals surface area contributed by atoms with Crippen molar-refractivity contribution in [1.82, 2.24) is 20.3 Å². The van der Waals surface area contributed by atoms with Gasteiger partial charge in [0.25, 0.3) is 0 Å². The molecule has 0 unspecified atom stereocenters. The molecule has 0 saturated heterocycles. The highest BCUT2D eigenvalue weighted by Gasteiger charge is 2.07. The van der Waals surface area contributed by atoms with Crippen molar-refractivity contribution < 1.29 is 0 Å². The number of nitrogens with one attached hydrogen (secondary N) is 1. The van der Waals surface area contributed by atoms with Gasteiger partial charge in [-0.3, -0.25) is 4.68 Å². The summed E-state index contributed by atoms with van der Waals surface area (Å²) in [5, 5.41) is 11.6. The van der Waals surface area contributed by atoms with Crippen molar-refractivity contribution >= 4 is 12.4 Å². The fraction of sp³-hybridized carbons (Fsp3) is 0.222. The SMILES string of the molecule is CNCCn1cc(-c2cccc(-c3ccccc3C)c2)nn1.Cl. The maximum atomic E-state index is 4.28. The van der Waals surface area contributed by atoms with Gasteiger partial charge in [-0.1, -0.05) is 47.7 Å². The first kappa shape index (κ1) is 17.2. The molecule has 0 atom stereocenters. The zero-order valence-electron chi connectivity index (χ0n) is 13.4. The van der Waals surface area contributed by atoms with Crippen LogP contribution in [0.3, 0.4) is 0 Å². The van der Waals surface area contributed by atoms with E-state index < -0.39 is 0 Å². The molecule has 0 aliphatic rings. The second-order valence-corrected chi connectivity index (χ2v) is 5.37. The Balaban J connectivity index is 0.00000192. The van der Waals surface area contributed by atoms with Crippen LogP contribution in [0.4, 0.5) is 0 Å². The van der Waals surface area contributed by atoms with Crippen LogP contribution in [0.5, 0.6) is 0 Å². The van der Waals surface area contributed by atoms with Gasteiger partial charge in [-0.15, -0.1) is 17.5 Å². The average Bonchev–Trinajstić information content (AvgIpc) is 3.02. The smallest absolute Gasteiger partial charge is 0.113 e. The predicted octanol–water partition coefficient (Wildman–Crippen LogP) is 3.56. The largest absolute Gasteiger partial charge is 0.318 e. The van der Waals surface area contributed by atoms with E-state index in [4.69, 9.17) is 0 Å². The van der Waals surface area contributed by atoms with Crippen molar-refractivity contribution in [2.24, 2.45) is 0 Å². The van der Waals surface area contributed by atoms with Crippen molar-refractivity contribution in [1.29, 1.82) is 0 Å². The molecule has 0 bridgehead atoms. The predicted molar refractivity (Wildman–Crippen MR) is 96.8 cm³/mol. The van der Waals surface area contributed by atoms with Crippen LogP contribution in [0.25, 0.3) is 22.4 Å². The van der Waals surface area contributed by atoms with E-state index in [-0.39, 0.29) is 12.4 Å². The van der Waals surface area contributed by atoms with E-state index in [2.05, 4.69) is 71.1 Å². The molecule has 3 rings (SSSR count). The molecule has 1 aromatic heterocycles. The number of rotatable bonds is 5. The first-order valence-electron chi connectivity index (χ1n) is 7.49. The third-order valence-corrected chi connectivity index (χ3v) is 3.74. The maximum absolute atomic E-state index is 4.28. The van der Waals surface area contributed by atoms with E-state index in [9.17, 15) is 0 Å². The Morgan fingerprint density at radius 2 is 1.83 bits per heavy atom. The number of benzene rings is 2. The third kappa shape index (κ3) is 3.97. The Morgan fingerprint density at radius 3 is 2.61 bits per heavy atom. The van der Waals surface area contributed by atoms with E-state index in [1.165, 1.54) is 16.7 Å². The molecule has 0 fully saturated rings. The molecule has 0 amide bonds. The molecule has 3 aromatic rings. The van der Waals surface area contributed by atoms with Crippen molar-refractivity contribution in [2.75, 3.05) is 13.6 Å². The van der Waals surface area contributed by atoms with Gasteiger partial charge in [-0.05, 0) is 36.7 Å². The highest BCUT2D eigenvalue weighted by molar-refractivity contribution is 5.85. The zero-order chi connectivity index (χ0) is 15.4. The number of hydrogen-bond donors (Lipinski definition) is 1. The van der Waals surface area contributed by atoms with Gasteiger partial charge < -0.3 is 5.32 Å². The van der Waals surface area contributed by atoms with Gasteiger partial charge in [-0.2, -0.15) is 0 Å². The Kier molecular flexibility index (Phi) is 5.90. The summed E-state index contributed by atoms with van der Waals surface area (Å²) in [6.45, 7) is 3.84. The Morgan fingerprint density at radius 1 is 1.04 bits per heavy atom. The molecule has 23 heavy (non-hydrogen) atoms. The normalized spacial score (nSPS) is 10.3. The summed E-state index contributed by atoms with van der Waals surface area (Å²) < 4.78 is 1.87. The zero-order valence-corrected chi connectivity index (χ0v) is 14.2. The van der Waals surface area contributed by atoms with Crippen LogP contribution in [-0.2, 0) is 6.54 Å². The summed E-state index contributed by atoms with van der Waals surface area (Å²) in [4.78, 5) is 0. The van der Waals surface area contributed by atoms with E-state index in [0.29, 0.717) is 0 Å². The van der Waals surface area contributed by atoms with Crippen molar-refractivity contribution in [2.45, 2.75) is 13.5 Å². The maximum Gasteiger partial charge on any atom is 0.113 e. The molecular formula is C18H21ClN4. The van der Waals surface area contributed by atoms with Crippen LogP contribution in [0.2, 0.25) is 0 Å². The number of aromatic nitrogens is 3. The van der Waals surface area contributed by atoms with Gasteiger partial charge in [0.2, 0.25) is 0 Å². The second kappa shape index (κ2) is 7.90. The average molecular weight is 329 g/mol. The summed E-state index contributed by atoms with van der Waals surface area (Å²) in [5.74, 6) is 0. The van der Waals surface area contributed by atoms with Crippen LogP contribution in [0.1, 0.15) is 5.56 Å². The first-order valence-corrected chi connectivity index (χ1v) is 7.49. The Bertz CT molecular complexity index is 767. The number of aryl methyl sites for hydroxylation is 1. The Hall–Kier alpha value is -2.17. The van der Waals surface area contributed by atoms with E-state index >= 15 is 0 Å². The standard InChI is InChI=1S/C18H20N4.ClH/c1-14-6-3-4-9-17(14)15-7-5-8-16(12-15)18-13-22(21-20-18)11-10-19-2;/h3-9,12-13,19H,10-11H2,1-2H3;1H. The van der Waals surface area contributed by atoms with Crippen molar-refractivity contribution in [3.8, 4) is 22.4 Å². The fourth-order valence-electron chi connectivity index (χ4n) is 2.51. The summed E-state index contributed by atoms with van der Waals surface area (Å²) in [5.41, 5.74) is 5.74. The number of halogens is 1. The highest BCUT2D eigenvalue weighted by atomic mass is 35.5. The van der Waals surface area contributed by atoms with Crippen LogP contribution in [-0.4, -0.2) is 28.6 Å². The lowest BCUT2D eigenvalue weighted by molar-refractivity contribution is 0.565. The number of nitrogens with zero attached hydrogens (tertiary/aromatic N) is 3.